The first-order valence-electron chi connectivity index (χ1n) is 8.49. The monoisotopic (exact) mass is 386 g/mol. The summed E-state index contributed by atoms with van der Waals surface area (Å²) in [7, 11) is 3.02. The van der Waals surface area contributed by atoms with Crippen LogP contribution in [0.2, 0.25) is 0 Å². The van der Waals surface area contributed by atoms with E-state index in [1.807, 2.05) is 0 Å². The highest BCUT2D eigenvalue weighted by molar-refractivity contribution is 6.06. The Bertz CT molecular complexity index is 877. The zero-order valence-electron chi connectivity index (χ0n) is 15.9. The molecule has 8 nitrogen and oxygen atoms in total. The van der Waals surface area contributed by atoms with Gasteiger partial charge in [0.1, 0.15) is 0 Å². The van der Waals surface area contributed by atoms with Crippen molar-refractivity contribution >= 4 is 23.5 Å². The van der Waals surface area contributed by atoms with Gasteiger partial charge in [0.15, 0.2) is 11.5 Å². The van der Waals surface area contributed by atoms with Gasteiger partial charge in [-0.15, -0.1) is 0 Å². The zero-order chi connectivity index (χ0) is 20.7. The predicted molar refractivity (Wildman–Crippen MR) is 103 cm³/mol. The third kappa shape index (κ3) is 5.23. The lowest BCUT2D eigenvalue weighted by Gasteiger charge is -2.13. The van der Waals surface area contributed by atoms with E-state index in [0.717, 1.165) is 5.56 Å². The van der Waals surface area contributed by atoms with Gasteiger partial charge in [-0.25, -0.2) is 0 Å². The summed E-state index contributed by atoms with van der Waals surface area (Å²) in [5.41, 5.74) is 2.05. The van der Waals surface area contributed by atoms with Crippen molar-refractivity contribution in [3.05, 3.63) is 53.1 Å². The molecule has 28 heavy (non-hydrogen) atoms. The van der Waals surface area contributed by atoms with E-state index in [-0.39, 0.29) is 24.8 Å². The average molecular weight is 386 g/mol. The minimum atomic E-state index is -0.983. The molecule has 2 aromatic rings. The second-order valence-electron chi connectivity index (χ2n) is 5.95. The van der Waals surface area contributed by atoms with E-state index in [1.54, 1.807) is 43.3 Å². The predicted octanol–water partition coefficient (Wildman–Crippen LogP) is 2.47. The van der Waals surface area contributed by atoms with E-state index in [9.17, 15) is 14.4 Å². The molecule has 0 aliphatic carbocycles. The second-order valence-corrected chi connectivity index (χ2v) is 5.95. The molecule has 8 heteroatoms. The Morgan fingerprint density at radius 3 is 2.14 bits per heavy atom. The van der Waals surface area contributed by atoms with Gasteiger partial charge >= 0.3 is 5.97 Å². The van der Waals surface area contributed by atoms with Crippen LogP contribution >= 0.6 is 0 Å². The first-order chi connectivity index (χ1) is 13.3. The molecule has 0 spiro atoms. The number of rotatable bonds is 8. The molecule has 0 heterocycles. The molecule has 2 amide bonds. The van der Waals surface area contributed by atoms with E-state index >= 15 is 0 Å². The highest BCUT2D eigenvalue weighted by atomic mass is 16.5. The van der Waals surface area contributed by atoms with Gasteiger partial charge in [-0.1, -0.05) is 0 Å². The van der Waals surface area contributed by atoms with Crippen molar-refractivity contribution in [3.63, 3.8) is 0 Å². The molecule has 0 radical (unpaired) electrons. The summed E-state index contributed by atoms with van der Waals surface area (Å²) in [4.78, 5) is 35.0. The third-order valence-electron chi connectivity index (χ3n) is 4.00. The molecule has 0 aromatic heterocycles. The molecule has 0 aliphatic heterocycles. The van der Waals surface area contributed by atoms with Gasteiger partial charge in [0, 0.05) is 23.4 Å². The molecule has 0 saturated heterocycles. The maximum Gasteiger partial charge on any atom is 0.305 e. The van der Waals surface area contributed by atoms with Crippen LogP contribution in [0.1, 0.15) is 32.7 Å². The minimum Gasteiger partial charge on any atom is -0.493 e. The van der Waals surface area contributed by atoms with Gasteiger partial charge in [-0.3, -0.25) is 14.4 Å². The average Bonchev–Trinajstić information content (AvgIpc) is 2.67. The fourth-order valence-corrected chi connectivity index (χ4v) is 2.51. The van der Waals surface area contributed by atoms with Crippen LogP contribution in [0.25, 0.3) is 0 Å². The van der Waals surface area contributed by atoms with Crippen molar-refractivity contribution in [1.29, 1.82) is 0 Å². The number of ether oxygens (including phenoxy) is 2. The number of benzene rings is 2. The molecular formula is C20H22N2O6. The van der Waals surface area contributed by atoms with Crippen molar-refractivity contribution in [2.45, 2.75) is 13.3 Å². The molecule has 0 bridgehead atoms. The number of carboxylic acids is 1. The molecule has 0 unspecified atom stereocenters. The number of hydrogen-bond acceptors (Lipinski definition) is 5. The van der Waals surface area contributed by atoms with Gasteiger partial charge in [-0.05, 0) is 48.9 Å². The Morgan fingerprint density at radius 2 is 1.57 bits per heavy atom. The molecule has 0 saturated carbocycles. The fourth-order valence-electron chi connectivity index (χ4n) is 2.51. The minimum absolute atomic E-state index is 0.0469. The van der Waals surface area contributed by atoms with Gasteiger partial charge < -0.3 is 25.2 Å². The van der Waals surface area contributed by atoms with Gasteiger partial charge in [-0.2, -0.15) is 0 Å². The van der Waals surface area contributed by atoms with Crippen molar-refractivity contribution < 1.29 is 29.0 Å². The van der Waals surface area contributed by atoms with Crippen LogP contribution in [0.4, 0.5) is 5.69 Å². The number of methoxy groups -OCH3 is 2. The molecule has 148 valence electrons. The Kier molecular flexibility index (Phi) is 6.97. The van der Waals surface area contributed by atoms with E-state index in [1.165, 1.54) is 14.2 Å². The largest absolute Gasteiger partial charge is 0.493 e. The number of aliphatic carboxylic acids is 1. The summed E-state index contributed by atoms with van der Waals surface area (Å²) in [5, 5.41) is 13.9. The van der Waals surface area contributed by atoms with Crippen LogP contribution in [0.5, 0.6) is 11.5 Å². The van der Waals surface area contributed by atoms with Gasteiger partial charge in [0.2, 0.25) is 0 Å². The van der Waals surface area contributed by atoms with Crippen LogP contribution in [0.15, 0.2) is 36.4 Å². The first-order valence-corrected chi connectivity index (χ1v) is 8.49. The number of carbonyl (C=O) groups excluding carboxylic acids is 2. The third-order valence-corrected chi connectivity index (χ3v) is 4.00. The van der Waals surface area contributed by atoms with E-state index in [0.29, 0.717) is 28.3 Å². The Balaban J connectivity index is 2.07. The molecule has 0 fully saturated rings. The van der Waals surface area contributed by atoms with Crippen molar-refractivity contribution in [1.82, 2.24) is 5.32 Å². The highest BCUT2D eigenvalue weighted by Gasteiger charge is 2.15. The van der Waals surface area contributed by atoms with Crippen LogP contribution in [0.3, 0.4) is 0 Å². The van der Waals surface area contributed by atoms with Gasteiger partial charge in [0.25, 0.3) is 11.8 Å². The summed E-state index contributed by atoms with van der Waals surface area (Å²) in [6.07, 6.45) is -0.148. The van der Waals surface area contributed by atoms with Crippen LogP contribution in [0, 0.1) is 6.92 Å². The summed E-state index contributed by atoms with van der Waals surface area (Å²) in [5.74, 6) is -0.697. The number of aryl methyl sites for hydroxylation is 1. The summed E-state index contributed by atoms with van der Waals surface area (Å²) < 4.78 is 10.5. The summed E-state index contributed by atoms with van der Waals surface area (Å²) in [6, 6.07) is 9.62. The molecule has 0 atom stereocenters. The van der Waals surface area contributed by atoms with Crippen LogP contribution < -0.4 is 20.1 Å². The molecule has 2 aromatic carbocycles. The lowest BCUT2D eigenvalue weighted by atomic mass is 10.1. The maximum absolute atomic E-state index is 12.6. The second kappa shape index (κ2) is 9.40. The van der Waals surface area contributed by atoms with Crippen molar-refractivity contribution in [3.8, 4) is 11.5 Å². The zero-order valence-corrected chi connectivity index (χ0v) is 15.9. The van der Waals surface area contributed by atoms with Crippen LogP contribution in [-0.2, 0) is 4.79 Å². The number of carboxylic acid groups (broad SMARTS) is 1. The lowest BCUT2D eigenvalue weighted by Crippen LogP contribution is -2.25. The van der Waals surface area contributed by atoms with E-state index < -0.39 is 5.97 Å². The summed E-state index contributed by atoms with van der Waals surface area (Å²) >= 11 is 0. The van der Waals surface area contributed by atoms with Crippen LogP contribution in [-0.4, -0.2) is 43.7 Å². The number of nitrogens with one attached hydrogen (secondary N) is 2. The highest BCUT2D eigenvalue weighted by Crippen LogP contribution is 2.30. The number of amides is 2. The standard InChI is InChI=1S/C20H22N2O6/c1-12-10-16(27-2)17(28-3)11-15(12)20(26)22-14-6-4-13(5-7-14)19(25)21-9-8-18(23)24/h4-7,10-11H,8-9H2,1-3H3,(H,21,25)(H,22,26)(H,23,24). The maximum atomic E-state index is 12.6. The normalized spacial score (nSPS) is 10.1. The van der Waals surface area contributed by atoms with Gasteiger partial charge in [0.05, 0.1) is 20.6 Å². The smallest absolute Gasteiger partial charge is 0.305 e. The number of hydrogen-bond donors (Lipinski definition) is 3. The fraction of sp³-hybridized carbons (Fsp3) is 0.250. The Hall–Kier alpha value is -3.55. The molecule has 0 aliphatic rings. The molecule has 2 rings (SSSR count). The Labute approximate surface area is 162 Å². The molecular weight excluding hydrogens is 364 g/mol. The Morgan fingerprint density at radius 1 is 0.964 bits per heavy atom. The quantitative estimate of drug-likeness (QED) is 0.642. The van der Waals surface area contributed by atoms with Crippen molar-refractivity contribution in [2.24, 2.45) is 0 Å². The van der Waals surface area contributed by atoms with Crippen molar-refractivity contribution in [2.75, 3.05) is 26.1 Å². The molecule has 3 N–H and O–H groups in total. The SMILES string of the molecule is COc1cc(C)c(C(=O)Nc2ccc(C(=O)NCCC(=O)O)cc2)cc1OC. The lowest BCUT2D eigenvalue weighted by molar-refractivity contribution is -0.136. The topological polar surface area (TPSA) is 114 Å². The number of anilines is 1. The number of carbonyl (C=O) groups is 3. The van der Waals surface area contributed by atoms with E-state index in [4.69, 9.17) is 14.6 Å². The first kappa shape index (κ1) is 20.8. The summed E-state index contributed by atoms with van der Waals surface area (Å²) in [6.45, 7) is 1.84. The van der Waals surface area contributed by atoms with E-state index in [2.05, 4.69) is 10.6 Å².